The summed E-state index contributed by atoms with van der Waals surface area (Å²) >= 11 is 1.14. The monoisotopic (exact) mass is 665 g/mol. The van der Waals surface area contributed by atoms with E-state index >= 15 is 0 Å². The number of nitrogens with zero attached hydrogens (tertiary/aromatic N) is 3. The molecule has 0 bridgehead atoms. The van der Waals surface area contributed by atoms with Gasteiger partial charge in [-0.05, 0) is 49.4 Å². The van der Waals surface area contributed by atoms with E-state index in [1.54, 1.807) is 35.7 Å². The van der Waals surface area contributed by atoms with Crippen LogP contribution in [-0.2, 0) is 31.8 Å². The Labute approximate surface area is 272 Å². The molecule has 2 aliphatic rings. The molecule has 1 aromatic heterocycles. The number of carbonyl (C=O) groups excluding carboxylic acids is 3. The van der Waals surface area contributed by atoms with Gasteiger partial charge in [-0.2, -0.15) is 4.31 Å². The SMILES string of the molecule is N=C(N)C(C1CCCNC1)C(NC(=O)CN1C(=O)CN(S(=O)(=O)Cc2ccccc2)CC1Cc1ccccc1)C(=O)c1nccs1. The summed E-state index contributed by atoms with van der Waals surface area (Å²) < 4.78 is 28.1. The lowest BCUT2D eigenvalue weighted by molar-refractivity contribution is -0.142. The zero-order chi connectivity index (χ0) is 32.7. The van der Waals surface area contributed by atoms with E-state index in [4.69, 9.17) is 11.1 Å². The second-order valence-electron chi connectivity index (χ2n) is 11.7. The van der Waals surface area contributed by atoms with Crippen LogP contribution in [0.1, 0.15) is 33.8 Å². The van der Waals surface area contributed by atoms with Crippen molar-refractivity contribution in [2.75, 3.05) is 32.7 Å². The van der Waals surface area contributed by atoms with E-state index in [1.165, 1.54) is 15.4 Å². The highest BCUT2D eigenvalue weighted by atomic mass is 32.2. The number of rotatable bonds is 13. The number of piperidine rings is 1. The predicted octanol–water partition coefficient (Wildman–Crippen LogP) is 1.65. The van der Waals surface area contributed by atoms with Gasteiger partial charge >= 0.3 is 0 Å². The van der Waals surface area contributed by atoms with Crippen molar-refractivity contribution in [1.29, 1.82) is 5.41 Å². The van der Waals surface area contributed by atoms with Crippen LogP contribution in [0.15, 0.2) is 72.2 Å². The van der Waals surface area contributed by atoms with Crippen LogP contribution >= 0.6 is 11.3 Å². The van der Waals surface area contributed by atoms with Gasteiger partial charge in [0.2, 0.25) is 27.6 Å². The van der Waals surface area contributed by atoms with Crippen LogP contribution in [0.3, 0.4) is 0 Å². The van der Waals surface area contributed by atoms with Crippen LogP contribution in [0.4, 0.5) is 0 Å². The zero-order valence-electron chi connectivity index (χ0n) is 25.4. The molecule has 244 valence electrons. The number of amidine groups is 1. The van der Waals surface area contributed by atoms with Crippen LogP contribution in [0.5, 0.6) is 0 Å². The van der Waals surface area contributed by atoms with Crippen molar-refractivity contribution in [1.82, 2.24) is 24.8 Å². The van der Waals surface area contributed by atoms with Crippen LogP contribution in [0.25, 0.3) is 0 Å². The van der Waals surface area contributed by atoms with Crippen molar-refractivity contribution in [3.05, 3.63) is 88.4 Å². The minimum absolute atomic E-state index is 0.00830. The van der Waals surface area contributed by atoms with Crippen LogP contribution < -0.4 is 16.4 Å². The summed E-state index contributed by atoms with van der Waals surface area (Å²) in [5.41, 5.74) is 7.56. The molecule has 2 amide bonds. The first kappa shape index (κ1) is 33.4. The number of nitrogens with two attached hydrogens (primary N) is 1. The van der Waals surface area contributed by atoms with Gasteiger partial charge in [0.1, 0.15) is 6.04 Å². The number of carbonyl (C=O) groups is 3. The summed E-state index contributed by atoms with van der Waals surface area (Å²) in [7, 11) is -3.84. The van der Waals surface area contributed by atoms with E-state index in [1.807, 2.05) is 30.3 Å². The second kappa shape index (κ2) is 15.1. The van der Waals surface area contributed by atoms with Crippen LogP contribution in [0.2, 0.25) is 0 Å². The Morgan fingerprint density at radius 2 is 1.80 bits per heavy atom. The normalized spacial score (nSPS) is 20.5. The van der Waals surface area contributed by atoms with E-state index < -0.39 is 58.7 Å². The molecule has 2 aromatic carbocycles. The molecule has 3 aromatic rings. The number of ketones is 1. The van der Waals surface area contributed by atoms with Gasteiger partial charge in [0.05, 0.1) is 30.7 Å². The molecule has 4 unspecified atom stereocenters. The van der Waals surface area contributed by atoms with E-state index in [2.05, 4.69) is 15.6 Å². The van der Waals surface area contributed by atoms with Crippen molar-refractivity contribution >= 4 is 44.8 Å². The lowest BCUT2D eigenvalue weighted by Crippen LogP contribution is -2.61. The second-order valence-corrected chi connectivity index (χ2v) is 14.6. The van der Waals surface area contributed by atoms with Crippen molar-refractivity contribution in [3.8, 4) is 0 Å². The number of amides is 2. The maximum atomic E-state index is 13.7. The number of hydrogen-bond acceptors (Lipinski definition) is 9. The van der Waals surface area contributed by atoms with Crippen molar-refractivity contribution in [3.63, 3.8) is 0 Å². The molecule has 5 rings (SSSR count). The molecule has 0 spiro atoms. The third-order valence-electron chi connectivity index (χ3n) is 8.50. The number of benzene rings is 2. The Hall–Kier alpha value is -3.98. The molecule has 2 fully saturated rings. The third kappa shape index (κ3) is 8.23. The summed E-state index contributed by atoms with van der Waals surface area (Å²) in [6, 6.07) is 16.3. The van der Waals surface area contributed by atoms with Crippen LogP contribution in [0, 0.1) is 17.2 Å². The highest BCUT2D eigenvalue weighted by molar-refractivity contribution is 7.88. The topological polar surface area (TPSA) is 179 Å². The van der Waals surface area contributed by atoms with Gasteiger partial charge in [-0.1, -0.05) is 60.7 Å². The molecule has 4 atom stereocenters. The van der Waals surface area contributed by atoms with Gasteiger partial charge < -0.3 is 21.3 Å². The number of piperazine rings is 1. The molecule has 3 heterocycles. The molecule has 46 heavy (non-hydrogen) atoms. The van der Waals surface area contributed by atoms with E-state index in [0.29, 0.717) is 18.5 Å². The fourth-order valence-corrected chi connectivity index (χ4v) is 8.39. The number of sulfonamides is 1. The molecule has 0 radical (unpaired) electrons. The molecule has 2 aliphatic heterocycles. The van der Waals surface area contributed by atoms with Gasteiger partial charge in [-0.15, -0.1) is 11.3 Å². The van der Waals surface area contributed by atoms with E-state index in [0.717, 1.165) is 36.3 Å². The summed E-state index contributed by atoms with van der Waals surface area (Å²) in [4.78, 5) is 46.6. The maximum Gasteiger partial charge on any atom is 0.240 e. The van der Waals surface area contributed by atoms with E-state index in [9.17, 15) is 22.8 Å². The number of aromatic nitrogens is 1. The first-order valence-electron chi connectivity index (χ1n) is 15.2. The van der Waals surface area contributed by atoms with Gasteiger partial charge in [-0.25, -0.2) is 13.4 Å². The largest absolute Gasteiger partial charge is 0.387 e. The first-order valence-corrected chi connectivity index (χ1v) is 17.7. The zero-order valence-corrected chi connectivity index (χ0v) is 27.0. The fraction of sp³-hybridized carbons (Fsp3) is 0.406. The number of nitrogens with one attached hydrogen (secondary N) is 3. The van der Waals surface area contributed by atoms with Crippen molar-refractivity contribution in [2.45, 2.75) is 37.1 Å². The minimum Gasteiger partial charge on any atom is -0.387 e. The first-order chi connectivity index (χ1) is 22.1. The third-order valence-corrected chi connectivity index (χ3v) is 11.1. The Morgan fingerprint density at radius 1 is 1.11 bits per heavy atom. The molecule has 14 heteroatoms. The lowest BCUT2D eigenvalue weighted by Gasteiger charge is -2.41. The number of thiazole rings is 1. The number of hydrogen-bond donors (Lipinski definition) is 4. The van der Waals surface area contributed by atoms with Crippen molar-refractivity contribution < 1.29 is 22.8 Å². The highest BCUT2D eigenvalue weighted by Gasteiger charge is 2.42. The number of Topliss-reactive ketones (excluding diaryl/α,β-unsaturated/α-hetero) is 1. The molecule has 5 N–H and O–H groups in total. The lowest BCUT2D eigenvalue weighted by atomic mass is 9.79. The quantitative estimate of drug-likeness (QED) is 0.121. The average molecular weight is 666 g/mol. The Balaban J connectivity index is 1.38. The summed E-state index contributed by atoms with van der Waals surface area (Å²) in [5.74, 6) is -2.95. The predicted molar refractivity (Wildman–Crippen MR) is 176 cm³/mol. The Morgan fingerprint density at radius 3 is 2.41 bits per heavy atom. The molecular formula is C32H39N7O5S2. The Bertz CT molecular complexity index is 1610. The van der Waals surface area contributed by atoms with Crippen LogP contribution in [-0.4, -0.2) is 90.8 Å². The molecular weight excluding hydrogens is 627 g/mol. The molecule has 2 saturated heterocycles. The van der Waals surface area contributed by atoms with Crippen molar-refractivity contribution in [2.24, 2.45) is 17.6 Å². The Kier molecular flexibility index (Phi) is 10.9. The molecule has 12 nitrogen and oxygen atoms in total. The maximum absolute atomic E-state index is 13.7. The van der Waals surface area contributed by atoms with Gasteiger partial charge in [0.15, 0.2) is 5.01 Å². The van der Waals surface area contributed by atoms with Gasteiger partial charge in [-0.3, -0.25) is 19.8 Å². The summed E-state index contributed by atoms with van der Waals surface area (Å²) in [6.07, 6.45) is 3.39. The summed E-state index contributed by atoms with van der Waals surface area (Å²) in [6.45, 7) is 0.570. The van der Waals surface area contributed by atoms with E-state index in [-0.39, 0.29) is 29.1 Å². The minimum atomic E-state index is -3.84. The van der Waals surface area contributed by atoms with Gasteiger partial charge in [0, 0.05) is 24.0 Å². The molecule has 0 aliphatic carbocycles. The average Bonchev–Trinajstić information content (AvgIpc) is 3.58. The fourth-order valence-electron chi connectivity index (χ4n) is 6.27. The highest BCUT2D eigenvalue weighted by Crippen LogP contribution is 2.27. The summed E-state index contributed by atoms with van der Waals surface area (Å²) in [5, 5.41) is 16.3. The van der Waals surface area contributed by atoms with Gasteiger partial charge in [0.25, 0.3) is 0 Å². The smallest absolute Gasteiger partial charge is 0.240 e. The molecule has 0 saturated carbocycles. The standard InChI is InChI=1S/C32H39N7O5S2/c33-31(34)28(24-12-7-13-35-17-24)29(30(42)32-36-14-15-45-32)37-26(40)19-39-25(16-22-8-3-1-4-9-22)18-38(20-27(39)41)46(43,44)21-23-10-5-2-6-11-23/h1-6,8-11,14-15,24-25,28-29,35H,7,12-13,16-21H2,(H3,33,34)(H,37,40).